The number of carbonyl (C=O) groups is 2. The number of anilines is 1. The van der Waals surface area contributed by atoms with Gasteiger partial charge in [-0.25, -0.2) is 9.78 Å². The highest BCUT2D eigenvalue weighted by atomic mass is 32.1. The van der Waals surface area contributed by atoms with Gasteiger partial charge in [0.1, 0.15) is 5.75 Å². The van der Waals surface area contributed by atoms with Gasteiger partial charge in [-0.15, -0.1) is 11.3 Å². The zero-order valence-corrected chi connectivity index (χ0v) is 20.4. The van der Waals surface area contributed by atoms with E-state index in [-0.39, 0.29) is 21.4 Å². The average molecular weight is 453 g/mol. The number of hydrogen-bond donors (Lipinski definition) is 1. The van der Waals surface area contributed by atoms with Gasteiger partial charge in [0.25, 0.3) is 14.2 Å². The van der Waals surface area contributed by atoms with Crippen molar-refractivity contribution < 1.29 is 28.2 Å². The summed E-state index contributed by atoms with van der Waals surface area (Å²) >= 11 is 1.13. The second kappa shape index (κ2) is 9.05. The van der Waals surface area contributed by atoms with Crippen LogP contribution in [0.25, 0.3) is 0 Å². The molecule has 164 valence electrons. The van der Waals surface area contributed by atoms with Crippen LogP contribution in [0.3, 0.4) is 0 Å². The first-order valence-corrected chi connectivity index (χ1v) is 13.0. The first-order valence-electron chi connectivity index (χ1n) is 9.23. The topological polar surface area (TPSA) is 96.0 Å². The third-order valence-electron chi connectivity index (χ3n) is 5.02. The standard InChI is InChI=1S/C20H28N2O6SSi/c1-20(2,3)30(7,8)28-14-10-16(26-5)15(25-4)9-12(14)17(23)22-19-21-13(11-29-19)18(24)27-6/h9-11H,1-8H3,(H,21,22,23). The van der Waals surface area contributed by atoms with Crippen molar-refractivity contribution in [2.24, 2.45) is 0 Å². The predicted molar refractivity (Wildman–Crippen MR) is 119 cm³/mol. The molecule has 0 aliphatic carbocycles. The number of rotatable bonds is 7. The fourth-order valence-electron chi connectivity index (χ4n) is 2.24. The minimum absolute atomic E-state index is 0.0708. The number of hydrogen-bond acceptors (Lipinski definition) is 8. The van der Waals surface area contributed by atoms with E-state index in [0.717, 1.165) is 11.3 Å². The SMILES string of the molecule is COC(=O)c1csc(NC(=O)c2cc(OC)c(OC)cc2O[Si](C)(C)C(C)(C)C)n1. The second-order valence-electron chi connectivity index (χ2n) is 8.05. The van der Waals surface area contributed by atoms with Crippen LogP contribution in [-0.4, -0.2) is 46.5 Å². The number of carbonyl (C=O) groups excluding carboxylic acids is 2. The Balaban J connectivity index is 2.44. The Labute approximate surface area is 181 Å². The van der Waals surface area contributed by atoms with Gasteiger partial charge < -0.3 is 18.6 Å². The number of nitrogens with one attached hydrogen (secondary N) is 1. The molecule has 1 N–H and O–H groups in total. The van der Waals surface area contributed by atoms with E-state index in [2.05, 4.69) is 48.9 Å². The van der Waals surface area contributed by atoms with E-state index in [1.165, 1.54) is 26.7 Å². The Kier molecular flexibility index (Phi) is 7.14. The van der Waals surface area contributed by atoms with Crippen LogP contribution in [-0.2, 0) is 4.74 Å². The molecule has 0 saturated carbocycles. The molecule has 2 rings (SSSR count). The highest BCUT2D eigenvalue weighted by Gasteiger charge is 2.40. The highest BCUT2D eigenvalue weighted by Crippen LogP contribution is 2.41. The number of ether oxygens (including phenoxy) is 3. The molecule has 1 aromatic carbocycles. The molecule has 0 fully saturated rings. The van der Waals surface area contributed by atoms with Crippen LogP contribution < -0.4 is 19.2 Å². The molecule has 1 heterocycles. The van der Waals surface area contributed by atoms with Gasteiger partial charge in [-0.05, 0) is 18.1 Å². The van der Waals surface area contributed by atoms with Crippen LogP contribution >= 0.6 is 11.3 Å². The maximum Gasteiger partial charge on any atom is 0.357 e. The summed E-state index contributed by atoms with van der Waals surface area (Å²) in [5, 5.41) is 4.43. The lowest BCUT2D eigenvalue weighted by Crippen LogP contribution is -2.44. The van der Waals surface area contributed by atoms with Crippen LogP contribution in [0.4, 0.5) is 5.13 Å². The molecule has 0 aliphatic heterocycles. The van der Waals surface area contributed by atoms with Crippen molar-refractivity contribution in [1.29, 1.82) is 0 Å². The summed E-state index contributed by atoms with van der Waals surface area (Å²) in [5.41, 5.74) is 0.412. The zero-order valence-electron chi connectivity index (χ0n) is 18.5. The smallest absolute Gasteiger partial charge is 0.357 e. The monoisotopic (exact) mass is 452 g/mol. The summed E-state index contributed by atoms with van der Waals surface area (Å²) in [7, 11) is 2.05. The van der Waals surface area contributed by atoms with Crippen LogP contribution in [0.15, 0.2) is 17.5 Å². The summed E-state index contributed by atoms with van der Waals surface area (Å²) in [6.45, 7) is 10.5. The van der Waals surface area contributed by atoms with Gasteiger partial charge in [-0.3, -0.25) is 10.1 Å². The molecule has 0 aliphatic rings. The lowest BCUT2D eigenvalue weighted by atomic mass is 10.1. The molecule has 0 spiro atoms. The van der Waals surface area contributed by atoms with Crippen molar-refractivity contribution in [3.8, 4) is 17.2 Å². The second-order valence-corrected chi connectivity index (χ2v) is 13.6. The van der Waals surface area contributed by atoms with E-state index in [1.54, 1.807) is 12.1 Å². The molecule has 30 heavy (non-hydrogen) atoms. The van der Waals surface area contributed by atoms with E-state index >= 15 is 0 Å². The number of benzene rings is 1. The van der Waals surface area contributed by atoms with E-state index in [4.69, 9.17) is 13.9 Å². The van der Waals surface area contributed by atoms with Crippen molar-refractivity contribution in [3.05, 3.63) is 28.8 Å². The van der Waals surface area contributed by atoms with E-state index in [0.29, 0.717) is 17.2 Å². The molecule has 0 bridgehead atoms. The maximum atomic E-state index is 13.1. The Bertz CT molecular complexity index is 936. The molecule has 1 amide bonds. The van der Waals surface area contributed by atoms with Gasteiger partial charge in [0.05, 0.1) is 26.9 Å². The van der Waals surface area contributed by atoms with Crippen molar-refractivity contribution >= 4 is 36.7 Å². The lowest BCUT2D eigenvalue weighted by molar-refractivity contribution is 0.0594. The van der Waals surface area contributed by atoms with Gasteiger partial charge in [0.15, 0.2) is 22.3 Å². The summed E-state index contributed by atoms with van der Waals surface area (Å²) in [5.74, 6) is 0.265. The number of esters is 1. The first kappa shape index (κ1) is 23.7. The number of nitrogens with zero attached hydrogens (tertiary/aromatic N) is 1. The van der Waals surface area contributed by atoms with Crippen molar-refractivity contribution in [1.82, 2.24) is 4.98 Å². The quantitative estimate of drug-likeness (QED) is 0.485. The fraction of sp³-hybridized carbons (Fsp3) is 0.450. The summed E-state index contributed by atoms with van der Waals surface area (Å²) in [4.78, 5) is 28.8. The summed E-state index contributed by atoms with van der Waals surface area (Å²) in [6, 6.07) is 3.24. The van der Waals surface area contributed by atoms with Crippen LogP contribution in [0.1, 0.15) is 41.6 Å². The average Bonchev–Trinajstić information content (AvgIpc) is 3.14. The fourth-order valence-corrected chi connectivity index (χ4v) is 3.94. The zero-order chi connectivity index (χ0) is 22.7. The molecule has 2 aromatic rings. The molecule has 1 aromatic heterocycles. The minimum atomic E-state index is -2.24. The van der Waals surface area contributed by atoms with Gasteiger partial charge in [-0.2, -0.15) is 0 Å². The van der Waals surface area contributed by atoms with E-state index in [9.17, 15) is 9.59 Å². The molecule has 0 unspecified atom stereocenters. The summed E-state index contributed by atoms with van der Waals surface area (Å²) in [6.07, 6.45) is 0. The molecule has 0 radical (unpaired) electrons. The molecule has 10 heteroatoms. The molecule has 0 saturated heterocycles. The number of methoxy groups -OCH3 is 3. The number of amides is 1. The normalized spacial score (nSPS) is 11.6. The Morgan fingerprint density at radius 1 is 1.03 bits per heavy atom. The molecular formula is C20H28N2O6SSi. The third kappa shape index (κ3) is 5.11. The van der Waals surface area contributed by atoms with Crippen molar-refractivity contribution in [2.45, 2.75) is 38.9 Å². The van der Waals surface area contributed by atoms with Crippen LogP contribution in [0, 0.1) is 0 Å². The van der Waals surface area contributed by atoms with E-state index in [1.807, 2.05) is 0 Å². The molecule has 8 nitrogen and oxygen atoms in total. The minimum Gasteiger partial charge on any atom is -0.543 e. The van der Waals surface area contributed by atoms with Crippen LogP contribution in [0.2, 0.25) is 18.1 Å². The maximum absolute atomic E-state index is 13.1. The van der Waals surface area contributed by atoms with Gasteiger partial charge in [-0.1, -0.05) is 20.8 Å². The van der Waals surface area contributed by atoms with E-state index < -0.39 is 20.2 Å². The van der Waals surface area contributed by atoms with Crippen LogP contribution in [0.5, 0.6) is 17.2 Å². The predicted octanol–water partition coefficient (Wildman–Crippen LogP) is 4.58. The third-order valence-corrected chi connectivity index (χ3v) is 10.1. The first-order chi connectivity index (χ1) is 13.9. The van der Waals surface area contributed by atoms with Gasteiger partial charge in [0, 0.05) is 17.5 Å². The lowest BCUT2D eigenvalue weighted by Gasteiger charge is -2.37. The van der Waals surface area contributed by atoms with Crippen molar-refractivity contribution in [2.75, 3.05) is 26.6 Å². The van der Waals surface area contributed by atoms with Gasteiger partial charge in [0.2, 0.25) is 0 Å². The Morgan fingerprint density at radius 3 is 2.17 bits per heavy atom. The largest absolute Gasteiger partial charge is 0.543 e. The number of aromatic nitrogens is 1. The molecular weight excluding hydrogens is 424 g/mol. The summed E-state index contributed by atoms with van der Waals surface area (Å²) < 4.78 is 21.8. The van der Waals surface area contributed by atoms with Crippen molar-refractivity contribution in [3.63, 3.8) is 0 Å². The Morgan fingerprint density at radius 2 is 1.63 bits per heavy atom. The number of thiazole rings is 1. The highest BCUT2D eigenvalue weighted by molar-refractivity contribution is 7.14. The molecule has 0 atom stereocenters. The Hall–Kier alpha value is -2.59. The van der Waals surface area contributed by atoms with Gasteiger partial charge >= 0.3 is 5.97 Å².